The molecule has 9 nitrogen and oxygen atoms in total. The summed E-state index contributed by atoms with van der Waals surface area (Å²) in [7, 11) is 0. The Bertz CT molecular complexity index is 1120. The summed E-state index contributed by atoms with van der Waals surface area (Å²) in [6, 6.07) is 14.7. The number of aliphatic carboxylic acids is 1. The van der Waals surface area contributed by atoms with Gasteiger partial charge in [0.05, 0.1) is 5.69 Å². The van der Waals surface area contributed by atoms with Crippen molar-refractivity contribution in [3.63, 3.8) is 0 Å². The molecule has 4 rings (SSSR count). The summed E-state index contributed by atoms with van der Waals surface area (Å²) in [6.45, 7) is -0.299. The lowest BCUT2D eigenvalue weighted by Crippen LogP contribution is -2.46. The van der Waals surface area contributed by atoms with Crippen molar-refractivity contribution in [2.75, 3.05) is 13.2 Å². The van der Waals surface area contributed by atoms with Crippen LogP contribution in [0.5, 0.6) is 0 Å². The lowest BCUT2D eigenvalue weighted by atomic mass is 9.98. The van der Waals surface area contributed by atoms with Gasteiger partial charge in [0.1, 0.15) is 19.2 Å². The second kappa shape index (κ2) is 9.90. The van der Waals surface area contributed by atoms with Crippen LogP contribution < -0.4 is 10.6 Å². The van der Waals surface area contributed by atoms with Crippen molar-refractivity contribution < 1.29 is 24.2 Å². The Hall–Kier alpha value is -4.27. The molecule has 3 aromatic rings. The number of hydrogen-bond acceptors (Lipinski definition) is 6. The fraction of sp³-hybridized carbons (Fsp3) is 0.208. The number of carboxylic acids is 1. The predicted molar refractivity (Wildman–Crippen MR) is 118 cm³/mol. The fourth-order valence-electron chi connectivity index (χ4n) is 3.89. The van der Waals surface area contributed by atoms with Gasteiger partial charge in [0, 0.05) is 30.9 Å². The Morgan fingerprint density at radius 3 is 2.27 bits per heavy atom. The van der Waals surface area contributed by atoms with Gasteiger partial charge in [-0.2, -0.15) is 0 Å². The average Bonchev–Trinajstić information content (AvgIpc) is 3.15. The Kier molecular flexibility index (Phi) is 6.58. The van der Waals surface area contributed by atoms with Gasteiger partial charge >= 0.3 is 12.1 Å². The third kappa shape index (κ3) is 5.15. The number of rotatable bonds is 8. The first-order chi connectivity index (χ1) is 16.0. The standard InChI is InChI=1S/C24H22N4O5/c29-22(28-21(23(30)31)11-15-12-25-9-10-26-15)13-27-24(32)33-14-20-18-7-3-1-5-16(18)17-6-2-4-8-19(17)20/h1-10,12,20-21H,11,13-14H2,(H,27,32)(H,28,29)(H,30,31)/t21-/m0/s1. The minimum Gasteiger partial charge on any atom is -0.480 e. The normalized spacial score (nSPS) is 12.8. The van der Waals surface area contributed by atoms with E-state index < -0.39 is 30.6 Å². The minimum atomic E-state index is -1.21. The molecule has 1 aliphatic rings. The van der Waals surface area contributed by atoms with E-state index in [1.54, 1.807) is 0 Å². The molecule has 33 heavy (non-hydrogen) atoms. The van der Waals surface area contributed by atoms with Crippen molar-refractivity contribution in [3.8, 4) is 11.1 Å². The number of carboxylic acid groups (broad SMARTS) is 1. The monoisotopic (exact) mass is 446 g/mol. The number of fused-ring (bicyclic) bond motifs is 3. The van der Waals surface area contributed by atoms with Gasteiger partial charge < -0.3 is 20.5 Å². The Morgan fingerprint density at radius 1 is 1.00 bits per heavy atom. The maximum Gasteiger partial charge on any atom is 0.407 e. The van der Waals surface area contributed by atoms with Crippen LogP contribution in [0.4, 0.5) is 4.79 Å². The second-order valence-corrected chi connectivity index (χ2v) is 7.54. The number of hydrogen-bond donors (Lipinski definition) is 3. The van der Waals surface area contributed by atoms with E-state index in [4.69, 9.17) is 4.74 Å². The smallest absolute Gasteiger partial charge is 0.407 e. The lowest BCUT2D eigenvalue weighted by molar-refractivity contribution is -0.141. The van der Waals surface area contributed by atoms with E-state index in [-0.39, 0.29) is 18.9 Å². The Labute approximate surface area is 189 Å². The number of carbonyl (C=O) groups is 3. The van der Waals surface area contributed by atoms with Crippen molar-refractivity contribution in [1.29, 1.82) is 0 Å². The van der Waals surface area contributed by atoms with Gasteiger partial charge in [0.2, 0.25) is 5.91 Å². The van der Waals surface area contributed by atoms with Gasteiger partial charge in [0.15, 0.2) is 0 Å². The highest BCUT2D eigenvalue weighted by Gasteiger charge is 2.29. The Morgan fingerprint density at radius 2 is 1.67 bits per heavy atom. The van der Waals surface area contributed by atoms with E-state index in [0.29, 0.717) is 5.69 Å². The summed E-state index contributed by atoms with van der Waals surface area (Å²) in [5, 5.41) is 14.1. The summed E-state index contributed by atoms with van der Waals surface area (Å²) in [5.41, 5.74) is 4.82. The number of benzene rings is 2. The third-order valence-corrected chi connectivity index (χ3v) is 5.40. The van der Waals surface area contributed by atoms with E-state index in [1.807, 2.05) is 48.5 Å². The molecule has 0 saturated carbocycles. The molecular weight excluding hydrogens is 424 g/mol. The highest BCUT2D eigenvalue weighted by atomic mass is 16.5. The summed E-state index contributed by atoms with van der Waals surface area (Å²) in [4.78, 5) is 43.7. The highest BCUT2D eigenvalue weighted by Crippen LogP contribution is 2.44. The van der Waals surface area contributed by atoms with Crippen LogP contribution >= 0.6 is 0 Å². The first-order valence-electron chi connectivity index (χ1n) is 10.4. The van der Waals surface area contributed by atoms with E-state index in [1.165, 1.54) is 18.6 Å². The summed E-state index contributed by atoms with van der Waals surface area (Å²) >= 11 is 0. The molecular formula is C24H22N4O5. The zero-order valence-electron chi connectivity index (χ0n) is 17.6. The van der Waals surface area contributed by atoms with Gasteiger partial charge in [-0.3, -0.25) is 14.8 Å². The number of aromatic nitrogens is 2. The molecule has 1 aliphatic carbocycles. The van der Waals surface area contributed by atoms with Crippen molar-refractivity contribution in [3.05, 3.63) is 83.9 Å². The van der Waals surface area contributed by atoms with Crippen LogP contribution in [-0.2, 0) is 20.7 Å². The molecule has 0 spiro atoms. The molecule has 0 fully saturated rings. The molecule has 1 heterocycles. The van der Waals surface area contributed by atoms with Gasteiger partial charge in [0.25, 0.3) is 0 Å². The van der Waals surface area contributed by atoms with Crippen LogP contribution in [0.2, 0.25) is 0 Å². The summed E-state index contributed by atoms with van der Waals surface area (Å²) in [6.07, 6.45) is 3.55. The van der Waals surface area contributed by atoms with Gasteiger partial charge in [-0.05, 0) is 22.3 Å². The third-order valence-electron chi connectivity index (χ3n) is 5.40. The topological polar surface area (TPSA) is 131 Å². The van der Waals surface area contributed by atoms with Gasteiger partial charge in [-0.25, -0.2) is 9.59 Å². The number of alkyl carbamates (subject to hydrolysis) is 1. The minimum absolute atomic E-state index is 0.0279. The van der Waals surface area contributed by atoms with E-state index in [0.717, 1.165) is 22.3 Å². The lowest BCUT2D eigenvalue weighted by Gasteiger charge is -2.16. The molecule has 1 atom stereocenters. The average molecular weight is 446 g/mol. The van der Waals surface area contributed by atoms with Crippen molar-refractivity contribution in [2.45, 2.75) is 18.4 Å². The second-order valence-electron chi connectivity index (χ2n) is 7.54. The molecule has 168 valence electrons. The summed E-state index contributed by atoms with van der Waals surface area (Å²) < 4.78 is 5.37. The largest absolute Gasteiger partial charge is 0.480 e. The van der Waals surface area contributed by atoms with Crippen LogP contribution in [0.3, 0.4) is 0 Å². The first kappa shape index (κ1) is 21.9. The number of ether oxygens (including phenoxy) is 1. The van der Waals surface area contributed by atoms with Gasteiger partial charge in [-0.15, -0.1) is 0 Å². The number of carbonyl (C=O) groups excluding carboxylic acids is 2. The first-order valence-corrected chi connectivity index (χ1v) is 10.4. The quantitative estimate of drug-likeness (QED) is 0.483. The zero-order chi connectivity index (χ0) is 23.2. The highest BCUT2D eigenvalue weighted by molar-refractivity contribution is 5.86. The Balaban J connectivity index is 1.29. The zero-order valence-corrected chi connectivity index (χ0v) is 17.6. The number of nitrogens with zero attached hydrogens (tertiary/aromatic N) is 2. The fourth-order valence-corrected chi connectivity index (χ4v) is 3.89. The van der Waals surface area contributed by atoms with Crippen LogP contribution in [0, 0.1) is 0 Å². The van der Waals surface area contributed by atoms with E-state index >= 15 is 0 Å². The van der Waals surface area contributed by atoms with Gasteiger partial charge in [-0.1, -0.05) is 48.5 Å². The van der Waals surface area contributed by atoms with Crippen molar-refractivity contribution in [2.24, 2.45) is 0 Å². The molecule has 0 aliphatic heterocycles. The van der Waals surface area contributed by atoms with E-state index in [9.17, 15) is 19.5 Å². The molecule has 9 heteroatoms. The molecule has 1 aromatic heterocycles. The predicted octanol–water partition coefficient (Wildman–Crippen LogP) is 2.13. The summed E-state index contributed by atoms with van der Waals surface area (Å²) in [5.74, 6) is -1.96. The van der Waals surface area contributed by atoms with Crippen LogP contribution in [0.25, 0.3) is 11.1 Å². The van der Waals surface area contributed by atoms with Crippen LogP contribution in [0.15, 0.2) is 67.1 Å². The molecule has 2 amide bonds. The molecule has 0 bridgehead atoms. The maximum absolute atomic E-state index is 12.2. The number of nitrogens with one attached hydrogen (secondary N) is 2. The SMILES string of the molecule is O=C(CNC(=O)OCC1c2ccccc2-c2ccccc21)N[C@@H](Cc1cnccn1)C(=O)O. The van der Waals surface area contributed by atoms with E-state index in [2.05, 4.69) is 20.6 Å². The molecule has 0 radical (unpaired) electrons. The molecule has 3 N–H and O–H groups in total. The van der Waals surface area contributed by atoms with Crippen LogP contribution in [0.1, 0.15) is 22.7 Å². The maximum atomic E-state index is 12.2. The van der Waals surface area contributed by atoms with Crippen LogP contribution in [-0.4, -0.2) is 52.2 Å². The van der Waals surface area contributed by atoms with Crippen molar-refractivity contribution >= 4 is 18.0 Å². The molecule has 0 saturated heterocycles. The number of amides is 2. The molecule has 2 aromatic carbocycles. The molecule has 0 unspecified atom stereocenters. The van der Waals surface area contributed by atoms with Crippen molar-refractivity contribution in [1.82, 2.24) is 20.6 Å².